The van der Waals surface area contributed by atoms with Gasteiger partial charge in [-0.2, -0.15) is 11.3 Å². The fourth-order valence-corrected chi connectivity index (χ4v) is 4.89. The maximum absolute atomic E-state index is 13.9. The molecule has 1 amide bonds. The Morgan fingerprint density at radius 3 is 2.39 bits per heavy atom. The van der Waals surface area contributed by atoms with Gasteiger partial charge in [-0.3, -0.25) is 4.79 Å². The highest BCUT2D eigenvalue weighted by Crippen LogP contribution is 2.43. The molecule has 0 spiro atoms. The molecule has 162 valence electrons. The molecule has 5 rings (SSSR count). The number of anilines is 1. The van der Waals surface area contributed by atoms with Crippen molar-refractivity contribution in [2.75, 3.05) is 12.0 Å². The summed E-state index contributed by atoms with van der Waals surface area (Å²) in [6.07, 6.45) is 0. The first kappa shape index (κ1) is 20.9. The number of methoxy groups -OCH3 is 1. The number of carbonyl (C=O) groups excluding carboxylic acids is 2. The molecule has 0 aliphatic carbocycles. The van der Waals surface area contributed by atoms with Gasteiger partial charge in [0.05, 0.1) is 30.5 Å². The molecule has 0 radical (unpaired) electrons. The number of rotatable bonds is 5. The van der Waals surface area contributed by atoms with Crippen molar-refractivity contribution in [3.8, 4) is 0 Å². The highest BCUT2D eigenvalue weighted by Gasteiger charge is 2.35. The number of esters is 1. The lowest BCUT2D eigenvalue weighted by Crippen LogP contribution is -2.26. The zero-order chi connectivity index (χ0) is 22.8. The highest BCUT2D eigenvalue weighted by molar-refractivity contribution is 7.08. The Kier molecular flexibility index (Phi) is 5.63. The summed E-state index contributed by atoms with van der Waals surface area (Å²) in [7, 11) is 1.36. The van der Waals surface area contributed by atoms with Gasteiger partial charge in [-0.25, -0.2) is 4.79 Å². The van der Waals surface area contributed by atoms with Gasteiger partial charge in [-0.1, -0.05) is 60.7 Å². The molecule has 0 saturated carbocycles. The van der Waals surface area contributed by atoms with Crippen molar-refractivity contribution < 1.29 is 14.3 Å². The molecule has 0 N–H and O–H groups in total. The summed E-state index contributed by atoms with van der Waals surface area (Å²) in [6, 6.07) is 27.2. The number of carbonyl (C=O) groups is 2. The number of benzene rings is 3. The quantitative estimate of drug-likeness (QED) is 0.274. The number of hydrogen-bond acceptors (Lipinski definition) is 4. The number of thiophene rings is 1. The van der Waals surface area contributed by atoms with Gasteiger partial charge in [0.1, 0.15) is 0 Å². The third kappa shape index (κ3) is 3.88. The molecule has 4 aromatic rings. The van der Waals surface area contributed by atoms with Gasteiger partial charge in [-0.15, -0.1) is 0 Å². The third-order valence-electron chi connectivity index (χ3n) is 5.73. The minimum Gasteiger partial charge on any atom is -0.465 e. The lowest BCUT2D eigenvalue weighted by molar-refractivity contribution is -0.113. The molecule has 4 nitrogen and oxygen atoms in total. The molecule has 5 heteroatoms. The fourth-order valence-electron chi connectivity index (χ4n) is 4.24. The topological polar surface area (TPSA) is 46.6 Å². The van der Waals surface area contributed by atoms with Crippen LogP contribution < -0.4 is 4.90 Å². The monoisotopic (exact) mass is 451 g/mol. The van der Waals surface area contributed by atoms with Crippen molar-refractivity contribution in [1.29, 1.82) is 0 Å². The Bertz CT molecular complexity index is 1360. The molecule has 1 aromatic heterocycles. The van der Waals surface area contributed by atoms with E-state index < -0.39 is 5.97 Å². The zero-order valence-corrected chi connectivity index (χ0v) is 18.8. The molecule has 33 heavy (non-hydrogen) atoms. The fraction of sp³-hybridized carbons (Fsp3) is 0.0714. The Labute approximate surface area is 196 Å². The zero-order valence-electron chi connectivity index (χ0n) is 18.0. The summed E-state index contributed by atoms with van der Waals surface area (Å²) >= 11 is 1.61. The Balaban J connectivity index is 1.65. The van der Waals surface area contributed by atoms with Crippen LogP contribution in [0, 0.1) is 0 Å². The van der Waals surface area contributed by atoms with Crippen LogP contribution in [-0.2, 0) is 16.1 Å². The van der Waals surface area contributed by atoms with Crippen LogP contribution in [0.15, 0.2) is 95.7 Å². The van der Waals surface area contributed by atoms with Crippen LogP contribution >= 0.6 is 11.3 Å². The Hall–Kier alpha value is -3.96. The average Bonchev–Trinajstić information content (AvgIpc) is 3.48. The largest absolute Gasteiger partial charge is 0.465 e. The summed E-state index contributed by atoms with van der Waals surface area (Å²) in [4.78, 5) is 27.7. The lowest BCUT2D eigenvalue weighted by Gasteiger charge is -2.18. The second kappa shape index (κ2) is 8.88. The summed E-state index contributed by atoms with van der Waals surface area (Å²) in [5, 5.41) is 4.11. The van der Waals surface area contributed by atoms with Gasteiger partial charge in [0.2, 0.25) is 0 Å². The van der Waals surface area contributed by atoms with Gasteiger partial charge < -0.3 is 9.64 Å². The van der Waals surface area contributed by atoms with Crippen LogP contribution in [-0.4, -0.2) is 19.0 Å². The third-order valence-corrected chi connectivity index (χ3v) is 6.42. The number of amides is 1. The first-order valence-corrected chi connectivity index (χ1v) is 11.5. The van der Waals surface area contributed by atoms with E-state index in [0.29, 0.717) is 17.7 Å². The molecular formula is C28H21NO3S. The Morgan fingerprint density at radius 2 is 1.64 bits per heavy atom. The van der Waals surface area contributed by atoms with Crippen LogP contribution in [0.5, 0.6) is 0 Å². The lowest BCUT2D eigenvalue weighted by atomic mass is 9.91. The van der Waals surface area contributed by atoms with E-state index in [-0.39, 0.29) is 5.91 Å². The van der Waals surface area contributed by atoms with E-state index in [2.05, 4.69) is 11.4 Å². The number of ether oxygens (including phenoxy) is 1. The summed E-state index contributed by atoms with van der Waals surface area (Å²) in [5.74, 6) is -0.445. The minimum absolute atomic E-state index is 0.0512. The van der Waals surface area contributed by atoms with Gasteiger partial charge in [0.25, 0.3) is 5.91 Å². The first-order chi connectivity index (χ1) is 16.2. The molecule has 1 aliphatic heterocycles. The summed E-state index contributed by atoms with van der Waals surface area (Å²) in [6.45, 7) is 0.357. The molecule has 0 atom stereocenters. The summed E-state index contributed by atoms with van der Waals surface area (Å²) in [5.41, 5.74) is 6.76. The van der Waals surface area contributed by atoms with Crippen molar-refractivity contribution in [3.05, 3.63) is 124 Å². The molecule has 3 aromatic carbocycles. The standard InChI is InChI=1S/C28H21NO3S/c1-32-28(31)21-11-7-8-19(16-21)17-29-24-13-6-5-12-23(24)26(27(29)30)25(22-14-15-33-18-22)20-9-3-2-4-10-20/h2-16,18H,17H2,1H3/b26-25+. The van der Waals surface area contributed by atoms with Crippen molar-refractivity contribution in [3.63, 3.8) is 0 Å². The molecular weight excluding hydrogens is 430 g/mol. The smallest absolute Gasteiger partial charge is 0.337 e. The second-order valence-electron chi connectivity index (χ2n) is 7.73. The predicted molar refractivity (Wildman–Crippen MR) is 132 cm³/mol. The van der Waals surface area contributed by atoms with E-state index in [1.807, 2.05) is 72.1 Å². The van der Waals surface area contributed by atoms with E-state index in [1.54, 1.807) is 28.4 Å². The average molecular weight is 452 g/mol. The maximum atomic E-state index is 13.9. The second-order valence-corrected chi connectivity index (χ2v) is 8.51. The van der Waals surface area contributed by atoms with E-state index in [9.17, 15) is 9.59 Å². The molecule has 1 aliphatic rings. The normalized spacial score (nSPS) is 14.2. The van der Waals surface area contributed by atoms with Crippen LogP contribution in [0.25, 0.3) is 11.1 Å². The first-order valence-electron chi connectivity index (χ1n) is 10.6. The van der Waals surface area contributed by atoms with E-state index >= 15 is 0 Å². The SMILES string of the molecule is COC(=O)c1cccc(CN2C(=O)/C(=C(\c3ccccc3)c3ccsc3)c3ccccc32)c1. The molecule has 0 unspecified atom stereocenters. The van der Waals surface area contributed by atoms with Crippen molar-refractivity contribution in [2.24, 2.45) is 0 Å². The minimum atomic E-state index is -0.394. The van der Waals surface area contributed by atoms with Crippen molar-refractivity contribution in [2.45, 2.75) is 6.54 Å². The van der Waals surface area contributed by atoms with Gasteiger partial charge in [0.15, 0.2) is 0 Å². The van der Waals surface area contributed by atoms with E-state index in [1.165, 1.54) is 7.11 Å². The van der Waals surface area contributed by atoms with Crippen LogP contribution in [0.3, 0.4) is 0 Å². The molecule has 0 fully saturated rings. The molecule has 0 bridgehead atoms. The van der Waals surface area contributed by atoms with Crippen molar-refractivity contribution in [1.82, 2.24) is 0 Å². The van der Waals surface area contributed by atoms with Gasteiger partial charge in [-0.05, 0) is 51.7 Å². The number of hydrogen-bond donors (Lipinski definition) is 0. The Morgan fingerprint density at radius 1 is 0.879 bits per heavy atom. The maximum Gasteiger partial charge on any atom is 0.337 e. The molecule has 0 saturated heterocycles. The molecule has 2 heterocycles. The van der Waals surface area contributed by atoms with Crippen LogP contribution in [0.4, 0.5) is 5.69 Å². The van der Waals surface area contributed by atoms with Crippen LogP contribution in [0.1, 0.15) is 32.6 Å². The van der Waals surface area contributed by atoms with Crippen LogP contribution in [0.2, 0.25) is 0 Å². The van der Waals surface area contributed by atoms with Crippen molar-refractivity contribution >= 4 is 40.0 Å². The number of nitrogens with zero attached hydrogens (tertiary/aromatic N) is 1. The van der Waals surface area contributed by atoms with Gasteiger partial charge >= 0.3 is 5.97 Å². The van der Waals surface area contributed by atoms with Gasteiger partial charge in [0, 0.05) is 11.1 Å². The number of para-hydroxylation sites is 1. The number of fused-ring (bicyclic) bond motifs is 1. The highest BCUT2D eigenvalue weighted by atomic mass is 32.1. The van der Waals surface area contributed by atoms with E-state index in [0.717, 1.165) is 33.5 Å². The summed E-state index contributed by atoms with van der Waals surface area (Å²) < 4.78 is 4.85. The van der Waals surface area contributed by atoms with E-state index in [4.69, 9.17) is 4.74 Å². The predicted octanol–water partition coefficient (Wildman–Crippen LogP) is 6.04.